The summed E-state index contributed by atoms with van der Waals surface area (Å²) >= 11 is 6.83. The van der Waals surface area contributed by atoms with Gasteiger partial charge in [-0.15, -0.1) is 0 Å². The van der Waals surface area contributed by atoms with Crippen molar-refractivity contribution >= 4 is 43.8 Å². The molecule has 0 aromatic heterocycles. The molecule has 2 aromatic carbocycles. The van der Waals surface area contributed by atoms with Crippen LogP contribution < -0.4 is 0 Å². The van der Waals surface area contributed by atoms with Gasteiger partial charge in [-0.1, -0.05) is 24.3 Å². The van der Waals surface area contributed by atoms with Crippen LogP contribution in [0, 0.1) is 0 Å². The number of carbonyl (C=O) groups is 2. The lowest BCUT2D eigenvalue weighted by Gasteiger charge is -2.13. The van der Waals surface area contributed by atoms with Gasteiger partial charge in [0.15, 0.2) is 0 Å². The first-order chi connectivity index (χ1) is 9.97. The molecule has 2 rings (SSSR count). The van der Waals surface area contributed by atoms with Gasteiger partial charge >= 0.3 is 11.9 Å². The van der Waals surface area contributed by atoms with E-state index in [1.807, 2.05) is 6.07 Å². The van der Waals surface area contributed by atoms with Crippen LogP contribution in [0.15, 0.2) is 45.3 Å². The van der Waals surface area contributed by atoms with E-state index in [4.69, 9.17) is 4.74 Å². The summed E-state index contributed by atoms with van der Waals surface area (Å²) < 4.78 is 6.27. The minimum Gasteiger partial charge on any atom is -0.478 e. The summed E-state index contributed by atoms with van der Waals surface area (Å²) in [5, 5.41) is 9.28. The van der Waals surface area contributed by atoms with Gasteiger partial charge in [0.1, 0.15) is 0 Å². The standard InChI is InChI=1S/C15H10Br2O4/c1-21-15(20)12-8(4-2-6-10(12)14(18)19)9-5-3-7-11(16)13(9)17/h2-7H,1H3,(H,18,19). The number of carbonyl (C=O) groups excluding carboxylic acids is 1. The van der Waals surface area contributed by atoms with E-state index in [-0.39, 0.29) is 11.1 Å². The number of carboxylic acid groups (broad SMARTS) is 1. The molecule has 6 heteroatoms. The number of carboxylic acids is 1. The Balaban J connectivity index is 2.80. The second-order valence-electron chi connectivity index (χ2n) is 4.13. The molecule has 0 spiro atoms. The predicted molar refractivity (Wildman–Crippen MR) is 85.6 cm³/mol. The summed E-state index contributed by atoms with van der Waals surface area (Å²) in [6.07, 6.45) is 0. The summed E-state index contributed by atoms with van der Waals surface area (Å²) in [7, 11) is 1.22. The van der Waals surface area contributed by atoms with Crippen molar-refractivity contribution in [2.24, 2.45) is 0 Å². The maximum atomic E-state index is 12.0. The lowest BCUT2D eigenvalue weighted by molar-refractivity contribution is 0.0583. The van der Waals surface area contributed by atoms with Crippen molar-refractivity contribution in [1.82, 2.24) is 0 Å². The van der Waals surface area contributed by atoms with Crippen LogP contribution >= 0.6 is 31.9 Å². The second kappa shape index (κ2) is 6.41. The summed E-state index contributed by atoms with van der Waals surface area (Å²) in [6.45, 7) is 0. The molecule has 0 amide bonds. The average Bonchev–Trinajstić information content (AvgIpc) is 2.48. The Morgan fingerprint density at radius 2 is 1.67 bits per heavy atom. The van der Waals surface area contributed by atoms with Crippen LogP contribution in [-0.4, -0.2) is 24.2 Å². The first-order valence-electron chi connectivity index (χ1n) is 5.86. The van der Waals surface area contributed by atoms with Gasteiger partial charge < -0.3 is 9.84 Å². The van der Waals surface area contributed by atoms with Crippen LogP contribution in [0.3, 0.4) is 0 Å². The highest BCUT2D eigenvalue weighted by atomic mass is 79.9. The first kappa shape index (κ1) is 15.7. The van der Waals surface area contributed by atoms with Gasteiger partial charge in [0.2, 0.25) is 0 Å². The van der Waals surface area contributed by atoms with Crippen molar-refractivity contribution in [1.29, 1.82) is 0 Å². The van der Waals surface area contributed by atoms with Gasteiger partial charge in [-0.25, -0.2) is 9.59 Å². The van der Waals surface area contributed by atoms with Crippen molar-refractivity contribution in [3.63, 3.8) is 0 Å². The molecule has 4 nitrogen and oxygen atoms in total. The number of aromatic carboxylic acids is 1. The highest BCUT2D eigenvalue weighted by Crippen LogP contribution is 2.36. The highest BCUT2D eigenvalue weighted by molar-refractivity contribution is 9.13. The largest absolute Gasteiger partial charge is 0.478 e. The maximum Gasteiger partial charge on any atom is 0.339 e. The fourth-order valence-electron chi connectivity index (χ4n) is 1.99. The fraction of sp³-hybridized carbons (Fsp3) is 0.0667. The minimum absolute atomic E-state index is 0.0336. The van der Waals surface area contributed by atoms with Crippen molar-refractivity contribution in [2.45, 2.75) is 0 Å². The molecule has 0 heterocycles. The topological polar surface area (TPSA) is 63.6 Å². The number of methoxy groups -OCH3 is 1. The third-order valence-corrected chi connectivity index (χ3v) is 4.97. The summed E-state index contributed by atoms with van der Waals surface area (Å²) in [6, 6.07) is 10.1. The van der Waals surface area contributed by atoms with Crippen molar-refractivity contribution in [3.8, 4) is 11.1 Å². The SMILES string of the molecule is COC(=O)c1c(C(=O)O)cccc1-c1cccc(Br)c1Br. The highest BCUT2D eigenvalue weighted by Gasteiger charge is 2.23. The van der Waals surface area contributed by atoms with E-state index < -0.39 is 11.9 Å². The minimum atomic E-state index is -1.18. The quantitative estimate of drug-likeness (QED) is 0.759. The van der Waals surface area contributed by atoms with E-state index in [0.717, 1.165) is 8.95 Å². The fourth-order valence-corrected chi connectivity index (χ4v) is 2.83. The summed E-state index contributed by atoms with van der Waals surface area (Å²) in [5.74, 6) is -1.86. The van der Waals surface area contributed by atoms with E-state index in [1.54, 1.807) is 24.3 Å². The molecule has 0 unspecified atom stereocenters. The smallest absolute Gasteiger partial charge is 0.339 e. The Bertz CT molecular complexity index is 726. The molecule has 0 aliphatic heterocycles. The van der Waals surface area contributed by atoms with Crippen LogP contribution in [0.25, 0.3) is 11.1 Å². The zero-order valence-corrected chi connectivity index (χ0v) is 14.1. The number of hydrogen-bond acceptors (Lipinski definition) is 3. The lowest BCUT2D eigenvalue weighted by Crippen LogP contribution is -2.12. The van der Waals surface area contributed by atoms with E-state index >= 15 is 0 Å². The molecule has 21 heavy (non-hydrogen) atoms. The third-order valence-electron chi connectivity index (χ3n) is 2.93. The monoisotopic (exact) mass is 412 g/mol. The molecule has 0 atom stereocenters. The van der Waals surface area contributed by atoms with E-state index in [2.05, 4.69) is 31.9 Å². The number of ether oxygens (including phenoxy) is 1. The van der Waals surface area contributed by atoms with Crippen molar-refractivity contribution in [2.75, 3.05) is 7.11 Å². The third kappa shape index (κ3) is 3.01. The van der Waals surface area contributed by atoms with Gasteiger partial charge in [-0.2, -0.15) is 0 Å². The van der Waals surface area contributed by atoms with Gasteiger partial charge in [0.05, 0.1) is 18.2 Å². The first-order valence-corrected chi connectivity index (χ1v) is 7.45. The predicted octanol–water partition coefficient (Wildman–Crippen LogP) is 4.36. The molecule has 0 saturated carbocycles. The number of rotatable bonds is 3. The Kier molecular flexibility index (Phi) is 4.80. The molecular weight excluding hydrogens is 404 g/mol. The van der Waals surface area contributed by atoms with Crippen LogP contribution in [0.1, 0.15) is 20.7 Å². The van der Waals surface area contributed by atoms with Crippen LogP contribution in [0.5, 0.6) is 0 Å². The number of hydrogen-bond donors (Lipinski definition) is 1. The second-order valence-corrected chi connectivity index (χ2v) is 5.77. The van der Waals surface area contributed by atoms with E-state index in [1.165, 1.54) is 13.2 Å². The molecule has 2 aromatic rings. The Morgan fingerprint density at radius 3 is 2.29 bits per heavy atom. The molecule has 0 radical (unpaired) electrons. The van der Waals surface area contributed by atoms with Crippen LogP contribution in [0.4, 0.5) is 0 Å². The lowest BCUT2D eigenvalue weighted by atomic mass is 9.95. The number of halogens is 2. The Labute approximate surface area is 138 Å². The van der Waals surface area contributed by atoms with E-state index in [9.17, 15) is 14.7 Å². The van der Waals surface area contributed by atoms with E-state index in [0.29, 0.717) is 11.1 Å². The zero-order valence-electron chi connectivity index (χ0n) is 10.9. The molecule has 108 valence electrons. The summed E-state index contributed by atoms with van der Waals surface area (Å²) in [4.78, 5) is 23.4. The molecule has 0 saturated heterocycles. The Morgan fingerprint density at radius 1 is 1.05 bits per heavy atom. The van der Waals surface area contributed by atoms with Gasteiger partial charge in [0.25, 0.3) is 0 Å². The zero-order chi connectivity index (χ0) is 15.6. The number of esters is 1. The van der Waals surface area contributed by atoms with Crippen molar-refractivity contribution < 1.29 is 19.4 Å². The van der Waals surface area contributed by atoms with Crippen molar-refractivity contribution in [3.05, 3.63) is 56.5 Å². The van der Waals surface area contributed by atoms with Gasteiger partial charge in [-0.05, 0) is 55.1 Å². The normalized spacial score (nSPS) is 10.2. The average molecular weight is 414 g/mol. The van der Waals surface area contributed by atoms with Crippen LogP contribution in [-0.2, 0) is 4.74 Å². The molecule has 0 aliphatic carbocycles. The Hall–Kier alpha value is -1.66. The maximum absolute atomic E-state index is 12.0. The molecular formula is C15H10Br2O4. The van der Waals surface area contributed by atoms with Gasteiger partial charge in [0, 0.05) is 8.95 Å². The van der Waals surface area contributed by atoms with Gasteiger partial charge in [-0.3, -0.25) is 0 Å². The number of benzene rings is 2. The molecule has 1 N–H and O–H groups in total. The molecule has 0 aliphatic rings. The van der Waals surface area contributed by atoms with Crippen LogP contribution in [0.2, 0.25) is 0 Å². The summed E-state index contributed by atoms with van der Waals surface area (Å²) in [5.41, 5.74) is 1.14. The molecule has 0 bridgehead atoms. The molecule has 0 fully saturated rings.